The standard InChI is InChI=1S/C24H20N2O4S/c1-17-14-19-10-7-13-22(23(19)25-15-17)31(28,29)30-21-12-6-5-11-20(21)24(27)26-16-18-8-3-2-4-9-18/h2-15H,16H2,1H3,(H,26,27). The van der Waals surface area contributed by atoms with E-state index in [1.54, 1.807) is 30.5 Å². The first-order valence-corrected chi connectivity index (χ1v) is 11.1. The minimum Gasteiger partial charge on any atom is -0.378 e. The Hall–Kier alpha value is -3.71. The number of carbonyl (C=O) groups is 1. The SMILES string of the molecule is Cc1cnc2c(S(=O)(=O)Oc3ccccc3C(=O)NCc3ccccc3)cccc2c1. The maximum atomic E-state index is 13.1. The monoisotopic (exact) mass is 432 g/mol. The lowest BCUT2D eigenvalue weighted by molar-refractivity contribution is 0.0949. The molecule has 3 aromatic carbocycles. The van der Waals surface area contributed by atoms with E-state index in [1.807, 2.05) is 43.3 Å². The summed E-state index contributed by atoms with van der Waals surface area (Å²) in [5.74, 6) is -0.474. The Morgan fingerprint density at radius 1 is 0.968 bits per heavy atom. The summed E-state index contributed by atoms with van der Waals surface area (Å²) >= 11 is 0. The van der Waals surface area contributed by atoms with Crippen molar-refractivity contribution < 1.29 is 17.4 Å². The lowest BCUT2D eigenvalue weighted by Crippen LogP contribution is -2.24. The highest BCUT2D eigenvalue weighted by atomic mass is 32.2. The third kappa shape index (κ3) is 4.57. The summed E-state index contributed by atoms with van der Waals surface area (Å²) in [7, 11) is -4.22. The van der Waals surface area contributed by atoms with Crippen LogP contribution in [-0.2, 0) is 16.7 Å². The van der Waals surface area contributed by atoms with E-state index in [9.17, 15) is 13.2 Å². The fourth-order valence-corrected chi connectivity index (χ4v) is 4.33. The Labute approximate surface area is 180 Å². The molecule has 0 aliphatic carbocycles. The number of pyridine rings is 1. The van der Waals surface area contributed by atoms with Gasteiger partial charge in [-0.05, 0) is 42.3 Å². The Balaban J connectivity index is 1.62. The van der Waals surface area contributed by atoms with Gasteiger partial charge in [-0.3, -0.25) is 9.78 Å². The minimum absolute atomic E-state index is 0.0443. The highest BCUT2D eigenvalue weighted by molar-refractivity contribution is 7.87. The maximum Gasteiger partial charge on any atom is 0.341 e. The van der Waals surface area contributed by atoms with E-state index in [0.29, 0.717) is 17.4 Å². The predicted octanol–water partition coefficient (Wildman–Crippen LogP) is 4.24. The lowest BCUT2D eigenvalue weighted by atomic mass is 10.1. The van der Waals surface area contributed by atoms with Gasteiger partial charge in [-0.25, -0.2) is 0 Å². The van der Waals surface area contributed by atoms with Crippen LogP contribution in [0.4, 0.5) is 0 Å². The molecule has 0 radical (unpaired) electrons. The number of carbonyl (C=O) groups excluding carboxylic acids is 1. The molecule has 6 nitrogen and oxygen atoms in total. The number of para-hydroxylation sites is 2. The van der Waals surface area contributed by atoms with Gasteiger partial charge in [0.2, 0.25) is 0 Å². The normalized spacial score (nSPS) is 11.3. The number of nitrogens with one attached hydrogen (secondary N) is 1. The number of benzene rings is 3. The molecule has 4 aromatic rings. The zero-order valence-corrected chi connectivity index (χ0v) is 17.6. The third-order valence-electron chi connectivity index (χ3n) is 4.71. The van der Waals surface area contributed by atoms with Gasteiger partial charge in [-0.2, -0.15) is 8.42 Å². The summed E-state index contributed by atoms with van der Waals surface area (Å²) in [6, 6.07) is 22.4. The quantitative estimate of drug-likeness (QED) is 0.461. The van der Waals surface area contributed by atoms with Crippen molar-refractivity contribution in [2.75, 3.05) is 0 Å². The zero-order chi connectivity index (χ0) is 21.8. The second-order valence-electron chi connectivity index (χ2n) is 7.04. The molecule has 0 saturated heterocycles. The third-order valence-corrected chi connectivity index (χ3v) is 5.97. The summed E-state index contributed by atoms with van der Waals surface area (Å²) in [4.78, 5) is 16.9. The molecule has 7 heteroatoms. The summed E-state index contributed by atoms with van der Waals surface area (Å²) in [5, 5.41) is 3.48. The van der Waals surface area contributed by atoms with E-state index in [1.165, 1.54) is 18.2 Å². The van der Waals surface area contributed by atoms with Crippen molar-refractivity contribution in [3.8, 4) is 5.75 Å². The topological polar surface area (TPSA) is 85.4 Å². The van der Waals surface area contributed by atoms with Gasteiger partial charge in [0, 0.05) is 18.1 Å². The zero-order valence-electron chi connectivity index (χ0n) is 16.8. The molecule has 4 rings (SSSR count). The number of fused-ring (bicyclic) bond motifs is 1. The molecular weight excluding hydrogens is 412 g/mol. The van der Waals surface area contributed by atoms with Crippen molar-refractivity contribution >= 4 is 26.9 Å². The summed E-state index contributed by atoms with van der Waals surface area (Å²) in [5.41, 5.74) is 2.30. The molecule has 0 atom stereocenters. The van der Waals surface area contributed by atoms with Crippen LogP contribution in [0.1, 0.15) is 21.5 Å². The van der Waals surface area contributed by atoms with Crippen molar-refractivity contribution in [2.24, 2.45) is 0 Å². The first-order chi connectivity index (χ1) is 14.9. The van der Waals surface area contributed by atoms with Gasteiger partial charge in [0.1, 0.15) is 4.90 Å². The molecular formula is C24H20N2O4S. The Kier molecular flexibility index (Phi) is 5.68. The van der Waals surface area contributed by atoms with Crippen molar-refractivity contribution in [1.82, 2.24) is 10.3 Å². The first-order valence-electron chi connectivity index (χ1n) is 9.65. The molecule has 0 bridgehead atoms. The maximum absolute atomic E-state index is 13.1. The molecule has 0 aliphatic rings. The second kappa shape index (κ2) is 8.57. The summed E-state index contributed by atoms with van der Waals surface area (Å²) in [6.45, 7) is 2.20. The van der Waals surface area contributed by atoms with Crippen LogP contribution in [0, 0.1) is 6.92 Å². The number of aryl methyl sites for hydroxylation is 1. The molecule has 0 fully saturated rings. The van der Waals surface area contributed by atoms with E-state index in [-0.39, 0.29) is 16.2 Å². The molecule has 1 heterocycles. The molecule has 0 spiro atoms. The first kappa shape index (κ1) is 20.6. The number of rotatable bonds is 6. The molecule has 0 aliphatic heterocycles. The van der Waals surface area contributed by atoms with Crippen LogP contribution in [-0.4, -0.2) is 19.3 Å². The van der Waals surface area contributed by atoms with Crippen molar-refractivity contribution in [1.29, 1.82) is 0 Å². The Morgan fingerprint density at radius 2 is 1.71 bits per heavy atom. The number of aromatic nitrogens is 1. The second-order valence-corrected chi connectivity index (χ2v) is 8.56. The van der Waals surface area contributed by atoms with Gasteiger partial charge in [-0.1, -0.05) is 54.6 Å². The van der Waals surface area contributed by atoms with Crippen LogP contribution >= 0.6 is 0 Å². The molecule has 31 heavy (non-hydrogen) atoms. The highest BCUT2D eigenvalue weighted by Crippen LogP contribution is 2.27. The van der Waals surface area contributed by atoms with E-state index in [4.69, 9.17) is 4.18 Å². The van der Waals surface area contributed by atoms with E-state index >= 15 is 0 Å². The van der Waals surface area contributed by atoms with Crippen LogP contribution in [0.2, 0.25) is 0 Å². The number of nitrogens with zero attached hydrogens (tertiary/aromatic N) is 1. The largest absolute Gasteiger partial charge is 0.378 e. The van der Waals surface area contributed by atoms with Gasteiger partial charge >= 0.3 is 10.1 Å². The Bertz CT molecular complexity index is 1350. The van der Waals surface area contributed by atoms with E-state index < -0.39 is 16.0 Å². The highest BCUT2D eigenvalue weighted by Gasteiger charge is 2.23. The summed E-state index contributed by atoms with van der Waals surface area (Å²) in [6.07, 6.45) is 1.60. The van der Waals surface area contributed by atoms with Gasteiger partial charge in [0.25, 0.3) is 5.91 Å². The molecule has 1 aromatic heterocycles. The summed E-state index contributed by atoms with van der Waals surface area (Å²) < 4.78 is 31.5. The number of hydrogen-bond acceptors (Lipinski definition) is 5. The fourth-order valence-electron chi connectivity index (χ4n) is 3.21. The van der Waals surface area contributed by atoms with Crippen molar-refractivity contribution in [3.63, 3.8) is 0 Å². The molecule has 0 saturated carbocycles. The minimum atomic E-state index is -4.22. The van der Waals surface area contributed by atoms with Gasteiger partial charge in [0.05, 0.1) is 11.1 Å². The van der Waals surface area contributed by atoms with E-state index in [0.717, 1.165) is 11.1 Å². The number of hydrogen-bond donors (Lipinski definition) is 1. The van der Waals surface area contributed by atoms with Crippen LogP contribution < -0.4 is 9.50 Å². The smallest absolute Gasteiger partial charge is 0.341 e. The fraction of sp³-hybridized carbons (Fsp3) is 0.0833. The average molecular weight is 433 g/mol. The van der Waals surface area contributed by atoms with Gasteiger partial charge in [-0.15, -0.1) is 0 Å². The van der Waals surface area contributed by atoms with Crippen LogP contribution in [0.3, 0.4) is 0 Å². The van der Waals surface area contributed by atoms with Crippen molar-refractivity contribution in [3.05, 3.63) is 102 Å². The molecule has 1 amide bonds. The van der Waals surface area contributed by atoms with Crippen LogP contribution in [0.15, 0.2) is 90.0 Å². The van der Waals surface area contributed by atoms with Crippen LogP contribution in [0.25, 0.3) is 10.9 Å². The van der Waals surface area contributed by atoms with Crippen molar-refractivity contribution in [2.45, 2.75) is 18.4 Å². The van der Waals surface area contributed by atoms with Crippen LogP contribution in [0.5, 0.6) is 5.75 Å². The van der Waals surface area contributed by atoms with Gasteiger partial charge in [0.15, 0.2) is 5.75 Å². The lowest BCUT2D eigenvalue weighted by Gasteiger charge is -2.13. The van der Waals surface area contributed by atoms with E-state index in [2.05, 4.69) is 10.3 Å². The molecule has 0 unspecified atom stereocenters. The predicted molar refractivity (Wildman–Crippen MR) is 118 cm³/mol. The Morgan fingerprint density at radius 3 is 2.52 bits per heavy atom. The molecule has 156 valence electrons. The number of amides is 1. The average Bonchev–Trinajstić information content (AvgIpc) is 2.77. The van der Waals surface area contributed by atoms with Gasteiger partial charge < -0.3 is 9.50 Å². The molecule has 1 N–H and O–H groups in total.